The second kappa shape index (κ2) is 7.90. The van der Waals surface area contributed by atoms with Crippen LogP contribution in [0.3, 0.4) is 0 Å². The number of hydrogen-bond donors (Lipinski definition) is 1. The van der Waals surface area contributed by atoms with Crippen LogP contribution in [0.1, 0.15) is 27.4 Å². The minimum absolute atomic E-state index is 0.00128. The van der Waals surface area contributed by atoms with E-state index in [9.17, 15) is 23.1 Å². The number of hydrogen-bond acceptors (Lipinski definition) is 6. The van der Waals surface area contributed by atoms with E-state index in [2.05, 4.69) is 4.98 Å². The number of nitrogens with zero attached hydrogens (tertiary/aromatic N) is 1. The largest absolute Gasteiger partial charge is 0.507 e. The second-order valence-electron chi connectivity index (χ2n) is 6.43. The molecule has 0 atom stereocenters. The van der Waals surface area contributed by atoms with Gasteiger partial charge in [0.15, 0.2) is 0 Å². The molecule has 3 rings (SSSR count). The van der Waals surface area contributed by atoms with Crippen molar-refractivity contribution in [1.82, 2.24) is 4.98 Å². The summed E-state index contributed by atoms with van der Waals surface area (Å²) in [4.78, 5) is 16.1. The molecule has 0 radical (unpaired) electrons. The Labute approximate surface area is 168 Å². The molecule has 29 heavy (non-hydrogen) atoms. The number of halogens is 3. The first kappa shape index (κ1) is 20.9. The van der Waals surface area contributed by atoms with E-state index in [-0.39, 0.29) is 24.5 Å². The Bertz CT molecular complexity index is 1080. The summed E-state index contributed by atoms with van der Waals surface area (Å²) in [6.07, 6.45) is -4.45. The summed E-state index contributed by atoms with van der Waals surface area (Å²) in [7, 11) is 1.30. The maximum Gasteiger partial charge on any atom is 0.433 e. The van der Waals surface area contributed by atoms with Crippen LogP contribution >= 0.6 is 11.3 Å². The van der Waals surface area contributed by atoms with Crippen molar-refractivity contribution in [2.24, 2.45) is 0 Å². The van der Waals surface area contributed by atoms with Crippen LogP contribution in [0.15, 0.2) is 24.3 Å². The monoisotopic (exact) mass is 425 g/mol. The van der Waals surface area contributed by atoms with E-state index < -0.39 is 17.8 Å². The molecule has 2 heterocycles. The van der Waals surface area contributed by atoms with Crippen LogP contribution in [-0.4, -0.2) is 23.2 Å². The van der Waals surface area contributed by atoms with Crippen LogP contribution in [0, 0.1) is 13.8 Å². The highest BCUT2D eigenvalue weighted by Crippen LogP contribution is 2.40. The molecule has 3 aromatic rings. The van der Waals surface area contributed by atoms with Gasteiger partial charge in [-0.05, 0) is 31.5 Å². The molecule has 0 unspecified atom stereocenters. The van der Waals surface area contributed by atoms with E-state index in [1.807, 2.05) is 6.92 Å². The van der Waals surface area contributed by atoms with Gasteiger partial charge in [0.1, 0.15) is 23.8 Å². The third-order valence-electron chi connectivity index (χ3n) is 4.47. The Hall–Kier alpha value is -2.81. The SMILES string of the molecule is COC(=O)Cc1c(C)sc2cc(OCc3ccc(C(F)(F)F)nc3C)cc(O)c12. The molecule has 0 aliphatic carbocycles. The van der Waals surface area contributed by atoms with Crippen LogP contribution in [-0.2, 0) is 28.7 Å². The smallest absolute Gasteiger partial charge is 0.433 e. The topological polar surface area (TPSA) is 68.7 Å². The number of pyridine rings is 1. The molecule has 1 aromatic carbocycles. The number of rotatable bonds is 5. The number of aromatic hydroxyl groups is 1. The molecule has 1 N–H and O–H groups in total. The van der Waals surface area contributed by atoms with E-state index in [0.717, 1.165) is 15.6 Å². The molecule has 0 saturated heterocycles. The number of benzene rings is 1. The molecule has 0 saturated carbocycles. The first-order chi connectivity index (χ1) is 13.6. The quantitative estimate of drug-likeness (QED) is 0.587. The summed E-state index contributed by atoms with van der Waals surface area (Å²) in [6.45, 7) is 3.33. The zero-order valence-electron chi connectivity index (χ0n) is 15.9. The maximum absolute atomic E-state index is 12.7. The summed E-state index contributed by atoms with van der Waals surface area (Å²) in [5.41, 5.74) is 0.470. The summed E-state index contributed by atoms with van der Waals surface area (Å²) < 4.78 is 49.3. The normalized spacial score (nSPS) is 11.7. The van der Waals surface area contributed by atoms with E-state index in [1.54, 1.807) is 6.07 Å². The lowest BCUT2D eigenvalue weighted by Crippen LogP contribution is -2.10. The van der Waals surface area contributed by atoms with Gasteiger partial charge in [-0.2, -0.15) is 13.2 Å². The van der Waals surface area contributed by atoms with Gasteiger partial charge in [-0.3, -0.25) is 4.79 Å². The standard InChI is InChI=1S/C20H18F3NO4S/c1-10-12(4-5-17(24-10)20(21,22)23)9-28-13-6-15(25)19-14(8-18(26)27-3)11(2)29-16(19)7-13/h4-7,25H,8-9H2,1-3H3. The number of carbonyl (C=O) groups is 1. The van der Waals surface area contributed by atoms with Crippen molar-refractivity contribution >= 4 is 27.4 Å². The number of thiophene rings is 1. The highest BCUT2D eigenvalue weighted by molar-refractivity contribution is 7.19. The molecule has 0 fully saturated rings. The number of alkyl halides is 3. The molecular weight excluding hydrogens is 407 g/mol. The Balaban J connectivity index is 1.84. The zero-order chi connectivity index (χ0) is 21.3. The molecule has 0 aliphatic heterocycles. The third kappa shape index (κ3) is 4.45. The molecule has 0 aliphatic rings. The van der Waals surface area contributed by atoms with Crippen molar-refractivity contribution in [3.63, 3.8) is 0 Å². The average molecular weight is 425 g/mol. The predicted octanol–water partition coefficient (Wildman–Crippen LogP) is 4.93. The van der Waals surface area contributed by atoms with Crippen molar-refractivity contribution in [3.05, 3.63) is 51.7 Å². The highest BCUT2D eigenvalue weighted by atomic mass is 32.1. The van der Waals surface area contributed by atoms with Crippen LogP contribution in [0.5, 0.6) is 11.5 Å². The van der Waals surface area contributed by atoms with E-state index in [0.29, 0.717) is 22.3 Å². The van der Waals surface area contributed by atoms with Gasteiger partial charge < -0.3 is 14.6 Å². The molecule has 154 valence electrons. The van der Waals surface area contributed by atoms with Crippen LogP contribution in [0.2, 0.25) is 0 Å². The zero-order valence-corrected chi connectivity index (χ0v) is 16.7. The number of aromatic nitrogens is 1. The molecule has 5 nitrogen and oxygen atoms in total. The van der Waals surface area contributed by atoms with Crippen molar-refractivity contribution in [3.8, 4) is 11.5 Å². The van der Waals surface area contributed by atoms with Gasteiger partial charge in [0.2, 0.25) is 0 Å². The fourth-order valence-electron chi connectivity index (χ4n) is 2.94. The van der Waals surface area contributed by atoms with E-state index in [4.69, 9.17) is 9.47 Å². The van der Waals surface area contributed by atoms with Crippen LogP contribution < -0.4 is 4.74 Å². The lowest BCUT2D eigenvalue weighted by Gasteiger charge is -2.12. The first-order valence-corrected chi connectivity index (χ1v) is 9.40. The third-order valence-corrected chi connectivity index (χ3v) is 5.57. The molecule has 2 aromatic heterocycles. The van der Waals surface area contributed by atoms with Gasteiger partial charge in [0, 0.05) is 32.3 Å². The number of aryl methyl sites for hydroxylation is 2. The molecular formula is C20H18F3NO4S. The lowest BCUT2D eigenvalue weighted by atomic mass is 10.1. The van der Waals surface area contributed by atoms with Crippen molar-refractivity contribution in [2.75, 3.05) is 7.11 Å². The summed E-state index contributed by atoms with van der Waals surface area (Å²) >= 11 is 1.40. The van der Waals surface area contributed by atoms with Crippen LogP contribution in [0.4, 0.5) is 13.2 Å². The fraction of sp³-hybridized carbons (Fsp3) is 0.300. The predicted molar refractivity (Wildman–Crippen MR) is 102 cm³/mol. The number of fused-ring (bicyclic) bond motifs is 1. The van der Waals surface area contributed by atoms with Crippen LogP contribution in [0.25, 0.3) is 10.1 Å². The first-order valence-electron chi connectivity index (χ1n) is 8.58. The molecule has 0 amide bonds. The van der Waals surface area contributed by atoms with Gasteiger partial charge >= 0.3 is 12.1 Å². The number of carbonyl (C=O) groups excluding carboxylic acids is 1. The minimum Gasteiger partial charge on any atom is -0.507 e. The Morgan fingerprint density at radius 2 is 1.97 bits per heavy atom. The highest BCUT2D eigenvalue weighted by Gasteiger charge is 2.32. The lowest BCUT2D eigenvalue weighted by molar-refractivity contribution is -0.141. The maximum atomic E-state index is 12.7. The number of esters is 1. The fourth-order valence-corrected chi connectivity index (χ4v) is 4.07. The molecule has 9 heteroatoms. The van der Waals surface area contributed by atoms with Crippen molar-refractivity contribution < 1.29 is 32.5 Å². The van der Waals surface area contributed by atoms with Crippen molar-refractivity contribution in [2.45, 2.75) is 33.1 Å². The van der Waals surface area contributed by atoms with Gasteiger partial charge in [0.05, 0.1) is 13.5 Å². The van der Waals surface area contributed by atoms with Gasteiger partial charge in [-0.1, -0.05) is 6.07 Å². The van der Waals surface area contributed by atoms with Gasteiger partial charge in [-0.15, -0.1) is 11.3 Å². The second-order valence-corrected chi connectivity index (χ2v) is 7.69. The molecule has 0 spiro atoms. The van der Waals surface area contributed by atoms with E-state index >= 15 is 0 Å². The summed E-state index contributed by atoms with van der Waals surface area (Å²) in [5, 5.41) is 11.0. The number of phenols is 1. The Morgan fingerprint density at radius 1 is 1.24 bits per heavy atom. The van der Waals surface area contributed by atoms with Crippen molar-refractivity contribution in [1.29, 1.82) is 0 Å². The van der Waals surface area contributed by atoms with E-state index in [1.165, 1.54) is 37.5 Å². The minimum atomic E-state index is -4.50. The Kier molecular flexibility index (Phi) is 5.70. The number of ether oxygens (including phenoxy) is 2. The summed E-state index contributed by atoms with van der Waals surface area (Å²) in [5.74, 6) is -0.0824. The number of phenolic OH excluding ortho intramolecular Hbond substituents is 1. The Morgan fingerprint density at radius 3 is 2.59 bits per heavy atom. The summed E-state index contributed by atoms with van der Waals surface area (Å²) in [6, 6.07) is 5.38. The van der Waals surface area contributed by atoms with Gasteiger partial charge in [-0.25, -0.2) is 4.98 Å². The average Bonchev–Trinajstić information content (AvgIpc) is 2.95. The van der Waals surface area contributed by atoms with Gasteiger partial charge in [0.25, 0.3) is 0 Å². The molecule has 0 bridgehead atoms. The number of methoxy groups -OCH3 is 1.